The molecule has 0 aliphatic heterocycles. The number of hydrogen-bond acceptors (Lipinski definition) is 3. The molecular weight excluding hydrogens is 188 g/mol. The molecule has 0 fully saturated rings. The van der Waals surface area contributed by atoms with Crippen LogP contribution in [0.1, 0.15) is 18.2 Å². The zero-order chi connectivity index (χ0) is 10.8. The maximum atomic E-state index is 5.31. The molecule has 2 aromatic rings. The van der Waals surface area contributed by atoms with E-state index >= 15 is 0 Å². The first kappa shape index (κ1) is 9.90. The first-order chi connectivity index (χ1) is 7.24. The van der Waals surface area contributed by atoms with E-state index in [2.05, 4.69) is 16.9 Å². The van der Waals surface area contributed by atoms with Gasteiger partial charge in [0.15, 0.2) is 0 Å². The number of ether oxygens (including phenoxy) is 1. The Morgan fingerprint density at radius 3 is 2.80 bits per heavy atom. The second-order valence-electron chi connectivity index (χ2n) is 3.55. The highest BCUT2D eigenvalue weighted by Gasteiger charge is 2.06. The minimum Gasteiger partial charge on any atom is -0.494 e. The van der Waals surface area contributed by atoms with E-state index in [0.717, 1.165) is 34.5 Å². The zero-order valence-corrected chi connectivity index (χ0v) is 9.24. The quantitative estimate of drug-likeness (QED) is 0.750. The first-order valence-corrected chi connectivity index (χ1v) is 5.05. The molecule has 78 valence electrons. The molecule has 0 amide bonds. The molecule has 1 aromatic heterocycles. The molecule has 2 rings (SSSR count). The van der Waals surface area contributed by atoms with Crippen LogP contribution in [0, 0.1) is 6.92 Å². The molecule has 0 unspecified atom stereocenters. The maximum Gasteiger partial charge on any atom is 0.146 e. The van der Waals surface area contributed by atoms with E-state index in [4.69, 9.17) is 4.74 Å². The number of rotatable bonds is 2. The van der Waals surface area contributed by atoms with Gasteiger partial charge in [-0.3, -0.25) is 4.98 Å². The van der Waals surface area contributed by atoms with Crippen molar-refractivity contribution in [1.82, 2.24) is 9.97 Å². The van der Waals surface area contributed by atoms with Gasteiger partial charge in [-0.25, -0.2) is 4.98 Å². The molecule has 3 heteroatoms. The largest absolute Gasteiger partial charge is 0.494 e. The lowest BCUT2D eigenvalue weighted by atomic mass is 10.2. The summed E-state index contributed by atoms with van der Waals surface area (Å²) in [4.78, 5) is 8.90. The van der Waals surface area contributed by atoms with E-state index in [1.807, 2.05) is 25.3 Å². The van der Waals surface area contributed by atoms with Gasteiger partial charge in [0, 0.05) is 6.20 Å². The Morgan fingerprint density at radius 2 is 2.13 bits per heavy atom. The number of aryl methyl sites for hydroxylation is 2. The highest BCUT2D eigenvalue weighted by molar-refractivity contribution is 5.81. The van der Waals surface area contributed by atoms with Crippen molar-refractivity contribution >= 4 is 11.0 Å². The predicted molar refractivity (Wildman–Crippen MR) is 60.2 cm³/mol. The summed E-state index contributed by atoms with van der Waals surface area (Å²) in [6, 6.07) is 4.00. The Labute approximate surface area is 89.1 Å². The van der Waals surface area contributed by atoms with Gasteiger partial charge >= 0.3 is 0 Å². The predicted octanol–water partition coefficient (Wildman–Crippen LogP) is 2.51. The van der Waals surface area contributed by atoms with Gasteiger partial charge in [0.2, 0.25) is 0 Å². The summed E-state index contributed by atoms with van der Waals surface area (Å²) in [7, 11) is 1.66. The second-order valence-corrected chi connectivity index (χ2v) is 3.55. The molecule has 0 spiro atoms. The van der Waals surface area contributed by atoms with Gasteiger partial charge in [0.05, 0.1) is 18.3 Å². The number of fused-ring (bicyclic) bond motifs is 1. The molecular formula is C12H14N2O. The maximum absolute atomic E-state index is 5.31. The summed E-state index contributed by atoms with van der Waals surface area (Å²) in [6.45, 7) is 4.09. The standard InChI is InChI=1S/C12H14N2O/c1-4-9-7-13-10-5-8(2)6-11(15-3)12(10)14-9/h5-7H,4H2,1-3H3. The van der Waals surface area contributed by atoms with Gasteiger partial charge in [-0.15, -0.1) is 0 Å². The minimum absolute atomic E-state index is 0.799. The number of methoxy groups -OCH3 is 1. The highest BCUT2D eigenvalue weighted by atomic mass is 16.5. The van der Waals surface area contributed by atoms with Crippen LogP contribution < -0.4 is 4.74 Å². The number of hydrogen-bond donors (Lipinski definition) is 0. The third-order valence-electron chi connectivity index (χ3n) is 2.39. The molecule has 0 aliphatic rings. The normalized spacial score (nSPS) is 10.6. The molecule has 0 saturated heterocycles. The third-order valence-corrected chi connectivity index (χ3v) is 2.39. The summed E-state index contributed by atoms with van der Waals surface area (Å²) >= 11 is 0. The summed E-state index contributed by atoms with van der Waals surface area (Å²) in [5.41, 5.74) is 3.87. The highest BCUT2D eigenvalue weighted by Crippen LogP contribution is 2.24. The summed E-state index contributed by atoms with van der Waals surface area (Å²) in [6.07, 6.45) is 2.71. The average Bonchev–Trinajstić information content (AvgIpc) is 2.27. The molecule has 0 aliphatic carbocycles. The van der Waals surface area contributed by atoms with E-state index in [1.54, 1.807) is 7.11 Å². The molecule has 1 heterocycles. The summed E-state index contributed by atoms with van der Waals surface area (Å²) in [5, 5.41) is 0. The van der Waals surface area contributed by atoms with Crippen LogP contribution >= 0.6 is 0 Å². The fourth-order valence-corrected chi connectivity index (χ4v) is 1.58. The molecule has 0 radical (unpaired) electrons. The van der Waals surface area contributed by atoms with Crippen LogP contribution in [0.3, 0.4) is 0 Å². The topological polar surface area (TPSA) is 35.0 Å². The van der Waals surface area contributed by atoms with E-state index in [0.29, 0.717) is 0 Å². The fourth-order valence-electron chi connectivity index (χ4n) is 1.58. The van der Waals surface area contributed by atoms with Crippen LogP contribution in [0.25, 0.3) is 11.0 Å². The lowest BCUT2D eigenvalue weighted by molar-refractivity contribution is 0.418. The van der Waals surface area contributed by atoms with Crippen molar-refractivity contribution in [2.24, 2.45) is 0 Å². The van der Waals surface area contributed by atoms with Gasteiger partial charge in [0.1, 0.15) is 11.3 Å². The Morgan fingerprint density at radius 1 is 1.33 bits per heavy atom. The van der Waals surface area contributed by atoms with E-state index in [9.17, 15) is 0 Å². The third kappa shape index (κ3) is 1.77. The average molecular weight is 202 g/mol. The van der Waals surface area contributed by atoms with Crippen LogP contribution in [-0.4, -0.2) is 17.1 Å². The second kappa shape index (κ2) is 3.85. The number of nitrogens with zero attached hydrogens (tertiary/aromatic N) is 2. The minimum atomic E-state index is 0.799. The van der Waals surface area contributed by atoms with Gasteiger partial charge in [0.25, 0.3) is 0 Å². The van der Waals surface area contributed by atoms with Crippen LogP contribution in [0.5, 0.6) is 5.75 Å². The van der Waals surface area contributed by atoms with Crippen LogP contribution in [0.15, 0.2) is 18.3 Å². The lowest BCUT2D eigenvalue weighted by Crippen LogP contribution is -1.95. The van der Waals surface area contributed by atoms with Crippen LogP contribution in [-0.2, 0) is 6.42 Å². The van der Waals surface area contributed by atoms with Crippen molar-refractivity contribution in [2.45, 2.75) is 20.3 Å². The number of benzene rings is 1. The Kier molecular flexibility index (Phi) is 2.54. The molecule has 15 heavy (non-hydrogen) atoms. The van der Waals surface area contributed by atoms with E-state index in [-0.39, 0.29) is 0 Å². The molecule has 0 atom stereocenters. The summed E-state index contributed by atoms with van der Waals surface area (Å²) in [5.74, 6) is 0.799. The van der Waals surface area contributed by atoms with Crippen molar-refractivity contribution in [1.29, 1.82) is 0 Å². The van der Waals surface area contributed by atoms with E-state index in [1.165, 1.54) is 0 Å². The Hall–Kier alpha value is -1.64. The molecule has 0 bridgehead atoms. The van der Waals surface area contributed by atoms with Crippen molar-refractivity contribution in [3.8, 4) is 5.75 Å². The number of aromatic nitrogens is 2. The van der Waals surface area contributed by atoms with Crippen molar-refractivity contribution in [3.05, 3.63) is 29.6 Å². The molecule has 0 saturated carbocycles. The van der Waals surface area contributed by atoms with Gasteiger partial charge in [-0.05, 0) is 31.0 Å². The van der Waals surface area contributed by atoms with Crippen LogP contribution in [0.4, 0.5) is 0 Å². The summed E-state index contributed by atoms with van der Waals surface area (Å²) < 4.78 is 5.31. The van der Waals surface area contributed by atoms with Crippen molar-refractivity contribution in [3.63, 3.8) is 0 Å². The van der Waals surface area contributed by atoms with Gasteiger partial charge < -0.3 is 4.74 Å². The monoisotopic (exact) mass is 202 g/mol. The van der Waals surface area contributed by atoms with E-state index < -0.39 is 0 Å². The Bertz CT molecular complexity index is 494. The molecule has 1 aromatic carbocycles. The SMILES string of the molecule is CCc1cnc2cc(C)cc(OC)c2n1. The Balaban J connectivity index is 2.73. The molecule has 3 nitrogen and oxygen atoms in total. The van der Waals surface area contributed by atoms with Gasteiger partial charge in [-0.1, -0.05) is 6.92 Å². The van der Waals surface area contributed by atoms with Gasteiger partial charge in [-0.2, -0.15) is 0 Å². The van der Waals surface area contributed by atoms with Crippen LogP contribution in [0.2, 0.25) is 0 Å². The zero-order valence-electron chi connectivity index (χ0n) is 9.24. The van der Waals surface area contributed by atoms with Crippen molar-refractivity contribution < 1.29 is 4.74 Å². The molecule has 0 N–H and O–H groups in total. The first-order valence-electron chi connectivity index (χ1n) is 5.05. The lowest BCUT2D eigenvalue weighted by Gasteiger charge is -2.06. The smallest absolute Gasteiger partial charge is 0.146 e. The van der Waals surface area contributed by atoms with Crippen molar-refractivity contribution in [2.75, 3.05) is 7.11 Å². The fraction of sp³-hybridized carbons (Fsp3) is 0.333.